The summed E-state index contributed by atoms with van der Waals surface area (Å²) < 4.78 is 0. The smallest absolute Gasteiger partial charge is 0.299 e. The number of benzene rings is 1. The van der Waals surface area contributed by atoms with Gasteiger partial charge in [0.05, 0.1) is 22.2 Å². The lowest BCUT2D eigenvalue weighted by Gasteiger charge is -2.20. The van der Waals surface area contributed by atoms with Gasteiger partial charge in [-0.2, -0.15) is 0 Å². The van der Waals surface area contributed by atoms with Crippen molar-refractivity contribution in [3.8, 4) is 0 Å². The summed E-state index contributed by atoms with van der Waals surface area (Å²) in [4.78, 5) is 35.8. The Hall–Kier alpha value is -1.88. The van der Waals surface area contributed by atoms with Crippen LogP contribution in [0.2, 0.25) is 5.02 Å². The zero-order chi connectivity index (χ0) is 13.4. The van der Waals surface area contributed by atoms with Crippen LogP contribution in [0.3, 0.4) is 0 Å². The van der Waals surface area contributed by atoms with Crippen LogP contribution in [-0.2, 0) is 9.59 Å². The second-order valence-corrected chi connectivity index (χ2v) is 4.59. The van der Waals surface area contributed by atoms with Crippen molar-refractivity contribution in [1.82, 2.24) is 0 Å². The monoisotopic (exact) mass is 266 g/mol. The standard InChI is InChI=1S/C12H11ClN2O3/c1-6(11(14)17)5-15-9-7(10(16)12(15)18)3-2-4-8(9)13/h2-4,6H,5H2,1H3,(H2,14,17). The minimum absolute atomic E-state index is 0.0522. The lowest BCUT2D eigenvalue weighted by atomic mass is 10.1. The molecule has 1 unspecified atom stereocenters. The van der Waals surface area contributed by atoms with Gasteiger partial charge in [0.1, 0.15) is 0 Å². The molecule has 94 valence electrons. The third kappa shape index (κ3) is 1.86. The molecule has 0 saturated heterocycles. The molecule has 1 atom stereocenters. The molecular weight excluding hydrogens is 256 g/mol. The Labute approximate surface area is 109 Å². The van der Waals surface area contributed by atoms with Crippen molar-refractivity contribution in [2.45, 2.75) is 6.92 Å². The maximum atomic E-state index is 11.8. The molecule has 2 N–H and O–H groups in total. The summed E-state index contributed by atoms with van der Waals surface area (Å²) in [6.07, 6.45) is 0. The molecule has 18 heavy (non-hydrogen) atoms. The molecule has 0 aliphatic carbocycles. The van der Waals surface area contributed by atoms with Crippen molar-refractivity contribution in [3.05, 3.63) is 28.8 Å². The van der Waals surface area contributed by atoms with Gasteiger partial charge in [-0.15, -0.1) is 0 Å². The summed E-state index contributed by atoms with van der Waals surface area (Å²) in [7, 11) is 0. The Morgan fingerprint density at radius 2 is 2.11 bits per heavy atom. The first-order chi connectivity index (χ1) is 8.43. The Bertz CT molecular complexity index is 556. The van der Waals surface area contributed by atoms with E-state index >= 15 is 0 Å². The van der Waals surface area contributed by atoms with Crippen LogP contribution in [0.15, 0.2) is 18.2 Å². The first kappa shape index (κ1) is 12.6. The quantitative estimate of drug-likeness (QED) is 0.829. The van der Waals surface area contributed by atoms with Crippen LogP contribution >= 0.6 is 11.6 Å². The number of carbonyl (C=O) groups is 3. The number of primary amides is 1. The second kappa shape index (κ2) is 4.42. The van der Waals surface area contributed by atoms with Gasteiger partial charge in [-0.1, -0.05) is 24.6 Å². The van der Waals surface area contributed by atoms with E-state index in [0.717, 1.165) is 0 Å². The molecule has 2 rings (SSSR count). The fourth-order valence-corrected chi connectivity index (χ4v) is 2.13. The van der Waals surface area contributed by atoms with E-state index in [1.54, 1.807) is 19.1 Å². The lowest BCUT2D eigenvalue weighted by Crippen LogP contribution is -2.38. The molecule has 6 heteroatoms. The molecule has 0 bridgehead atoms. The van der Waals surface area contributed by atoms with E-state index in [2.05, 4.69) is 0 Å². The number of rotatable bonds is 3. The fourth-order valence-electron chi connectivity index (χ4n) is 1.85. The predicted octanol–water partition coefficient (Wildman–Crippen LogP) is 0.991. The average Bonchev–Trinajstić information content (AvgIpc) is 2.56. The minimum Gasteiger partial charge on any atom is -0.369 e. The Morgan fingerprint density at radius 3 is 2.72 bits per heavy atom. The number of ketones is 1. The van der Waals surface area contributed by atoms with Gasteiger partial charge in [-0.05, 0) is 12.1 Å². The van der Waals surface area contributed by atoms with Gasteiger partial charge in [0.25, 0.3) is 11.7 Å². The van der Waals surface area contributed by atoms with Gasteiger partial charge < -0.3 is 10.6 Å². The van der Waals surface area contributed by atoms with E-state index in [1.807, 2.05) is 0 Å². The molecule has 0 fully saturated rings. The van der Waals surface area contributed by atoms with Crippen LogP contribution in [0, 0.1) is 5.92 Å². The molecule has 1 aromatic carbocycles. The maximum Gasteiger partial charge on any atom is 0.299 e. The maximum absolute atomic E-state index is 11.8. The van der Waals surface area contributed by atoms with Crippen molar-refractivity contribution in [3.63, 3.8) is 0 Å². The van der Waals surface area contributed by atoms with Crippen LogP contribution in [0.25, 0.3) is 0 Å². The van der Waals surface area contributed by atoms with Crippen molar-refractivity contribution < 1.29 is 14.4 Å². The van der Waals surface area contributed by atoms with Crippen LogP contribution in [0.1, 0.15) is 17.3 Å². The van der Waals surface area contributed by atoms with Crippen molar-refractivity contribution in [2.24, 2.45) is 11.7 Å². The number of nitrogens with zero attached hydrogens (tertiary/aromatic N) is 1. The summed E-state index contributed by atoms with van der Waals surface area (Å²) in [5.74, 6) is -2.37. The zero-order valence-electron chi connectivity index (χ0n) is 9.64. The van der Waals surface area contributed by atoms with Gasteiger partial charge in [-0.25, -0.2) is 0 Å². The van der Waals surface area contributed by atoms with Crippen molar-refractivity contribution in [1.29, 1.82) is 0 Å². The Morgan fingerprint density at radius 1 is 1.44 bits per heavy atom. The highest BCUT2D eigenvalue weighted by molar-refractivity contribution is 6.54. The topological polar surface area (TPSA) is 80.5 Å². The molecule has 0 radical (unpaired) electrons. The number of para-hydroxylation sites is 1. The van der Waals surface area contributed by atoms with Crippen LogP contribution in [0.5, 0.6) is 0 Å². The molecule has 2 amide bonds. The molecule has 1 aliphatic rings. The zero-order valence-corrected chi connectivity index (χ0v) is 10.4. The van der Waals surface area contributed by atoms with Crippen LogP contribution in [-0.4, -0.2) is 24.1 Å². The summed E-state index contributed by atoms with van der Waals surface area (Å²) in [5.41, 5.74) is 5.79. The predicted molar refractivity (Wildman–Crippen MR) is 66.5 cm³/mol. The van der Waals surface area contributed by atoms with E-state index in [0.29, 0.717) is 10.7 Å². The highest BCUT2D eigenvalue weighted by Crippen LogP contribution is 2.35. The van der Waals surface area contributed by atoms with Crippen LogP contribution < -0.4 is 10.6 Å². The molecule has 0 spiro atoms. The largest absolute Gasteiger partial charge is 0.369 e. The number of hydrogen-bond donors (Lipinski definition) is 1. The Balaban J connectivity index is 2.42. The number of carbonyl (C=O) groups excluding carboxylic acids is 3. The van der Waals surface area contributed by atoms with E-state index < -0.39 is 23.5 Å². The van der Waals surface area contributed by atoms with Crippen molar-refractivity contribution >= 4 is 34.9 Å². The highest BCUT2D eigenvalue weighted by Gasteiger charge is 2.38. The number of Topliss-reactive ketones (excluding diaryl/α,β-unsaturated/α-hetero) is 1. The molecule has 1 aromatic rings. The third-order valence-electron chi connectivity index (χ3n) is 2.88. The summed E-state index contributed by atoms with van der Waals surface area (Å²) in [6, 6.07) is 4.73. The number of anilines is 1. The van der Waals surface area contributed by atoms with E-state index in [-0.39, 0.29) is 12.1 Å². The van der Waals surface area contributed by atoms with Gasteiger partial charge in [-0.3, -0.25) is 14.4 Å². The molecule has 1 aliphatic heterocycles. The molecular formula is C12H11ClN2O3. The van der Waals surface area contributed by atoms with E-state index in [4.69, 9.17) is 17.3 Å². The van der Waals surface area contributed by atoms with E-state index in [1.165, 1.54) is 11.0 Å². The summed E-state index contributed by atoms with van der Waals surface area (Å²) in [5, 5.41) is 0.309. The third-order valence-corrected chi connectivity index (χ3v) is 3.19. The normalized spacial score (nSPS) is 15.8. The number of nitrogens with two attached hydrogens (primary N) is 1. The molecule has 5 nitrogen and oxygen atoms in total. The summed E-state index contributed by atoms with van der Waals surface area (Å²) >= 11 is 6.00. The van der Waals surface area contributed by atoms with Gasteiger partial charge in [0.15, 0.2) is 0 Å². The first-order valence-electron chi connectivity index (χ1n) is 5.37. The Kier molecular flexibility index (Phi) is 3.09. The van der Waals surface area contributed by atoms with E-state index in [9.17, 15) is 14.4 Å². The highest BCUT2D eigenvalue weighted by atomic mass is 35.5. The average molecular weight is 267 g/mol. The SMILES string of the molecule is CC(CN1C(=O)C(=O)c2cccc(Cl)c21)C(N)=O. The van der Waals surface area contributed by atoms with Gasteiger partial charge >= 0.3 is 0 Å². The molecule has 1 heterocycles. The molecule has 0 aromatic heterocycles. The lowest BCUT2D eigenvalue weighted by molar-refractivity contribution is -0.121. The number of amides is 2. The number of fused-ring (bicyclic) bond motifs is 1. The number of halogens is 1. The second-order valence-electron chi connectivity index (χ2n) is 4.18. The first-order valence-corrected chi connectivity index (χ1v) is 5.75. The summed E-state index contributed by atoms with van der Waals surface area (Å²) in [6.45, 7) is 1.64. The number of hydrogen-bond acceptors (Lipinski definition) is 3. The fraction of sp³-hybridized carbons (Fsp3) is 0.250. The molecule has 0 saturated carbocycles. The minimum atomic E-state index is -0.675. The van der Waals surface area contributed by atoms with Gasteiger partial charge in [0.2, 0.25) is 5.91 Å². The van der Waals surface area contributed by atoms with Crippen molar-refractivity contribution in [2.75, 3.05) is 11.4 Å². The van der Waals surface area contributed by atoms with Gasteiger partial charge in [0, 0.05) is 6.54 Å². The van der Waals surface area contributed by atoms with Crippen LogP contribution in [0.4, 0.5) is 5.69 Å².